The van der Waals surface area contributed by atoms with Crippen LogP contribution in [0, 0.1) is 17.3 Å². The Morgan fingerprint density at radius 1 is 1.50 bits per heavy atom. The second-order valence-corrected chi connectivity index (χ2v) is 6.23. The molecule has 0 heterocycles. The largest absolute Gasteiger partial charge is 0.397 e. The van der Waals surface area contributed by atoms with Crippen molar-refractivity contribution >= 4 is 0 Å². The molecular weight excluding hydrogens is 220 g/mol. The molecule has 2 aliphatic carbocycles. The van der Waals surface area contributed by atoms with Crippen LogP contribution in [0.25, 0.3) is 0 Å². The number of hydrogen-bond acceptors (Lipinski definition) is 1. The van der Waals surface area contributed by atoms with E-state index >= 15 is 0 Å². The first-order valence-corrected chi connectivity index (χ1v) is 7.41. The van der Waals surface area contributed by atoms with Gasteiger partial charge in [-0.3, -0.25) is 0 Å². The quantitative estimate of drug-likeness (QED) is 0.667. The SMILES string of the molecule is C=C(C)[C@@H]1CCC2=CCC[C@@H](C)[C@]2(C)C1.CCO. The Morgan fingerprint density at radius 3 is 2.67 bits per heavy atom. The fourth-order valence-electron chi connectivity index (χ4n) is 3.46. The van der Waals surface area contributed by atoms with E-state index in [4.69, 9.17) is 5.11 Å². The molecule has 0 spiro atoms. The van der Waals surface area contributed by atoms with Gasteiger partial charge in [0.25, 0.3) is 0 Å². The van der Waals surface area contributed by atoms with Gasteiger partial charge in [0.15, 0.2) is 0 Å². The Hall–Kier alpha value is -0.560. The topological polar surface area (TPSA) is 20.2 Å². The van der Waals surface area contributed by atoms with E-state index in [9.17, 15) is 0 Å². The molecule has 1 fully saturated rings. The van der Waals surface area contributed by atoms with Crippen LogP contribution in [0.4, 0.5) is 0 Å². The van der Waals surface area contributed by atoms with Crippen molar-refractivity contribution in [2.24, 2.45) is 17.3 Å². The van der Waals surface area contributed by atoms with Crippen LogP contribution >= 0.6 is 0 Å². The van der Waals surface area contributed by atoms with Gasteiger partial charge in [-0.05, 0) is 63.2 Å². The molecule has 18 heavy (non-hydrogen) atoms. The number of fused-ring (bicyclic) bond motifs is 1. The van der Waals surface area contributed by atoms with Gasteiger partial charge in [0.2, 0.25) is 0 Å². The van der Waals surface area contributed by atoms with Gasteiger partial charge >= 0.3 is 0 Å². The van der Waals surface area contributed by atoms with Crippen molar-refractivity contribution in [2.75, 3.05) is 6.61 Å². The summed E-state index contributed by atoms with van der Waals surface area (Å²) in [6.07, 6.45) is 9.21. The molecule has 1 saturated carbocycles. The van der Waals surface area contributed by atoms with Crippen LogP contribution in [-0.2, 0) is 0 Å². The Labute approximate surface area is 113 Å². The molecule has 1 nitrogen and oxygen atoms in total. The highest BCUT2D eigenvalue weighted by molar-refractivity contribution is 5.23. The summed E-state index contributed by atoms with van der Waals surface area (Å²) in [5.41, 5.74) is 3.63. The molecule has 3 atom stereocenters. The molecule has 0 saturated heterocycles. The van der Waals surface area contributed by atoms with Crippen molar-refractivity contribution in [3.05, 3.63) is 23.8 Å². The number of aliphatic hydroxyl groups excluding tert-OH is 1. The van der Waals surface area contributed by atoms with Gasteiger partial charge in [-0.15, -0.1) is 0 Å². The lowest BCUT2D eigenvalue weighted by atomic mass is 9.58. The predicted octanol–water partition coefficient (Wildman–Crippen LogP) is 4.72. The van der Waals surface area contributed by atoms with Crippen LogP contribution in [0.5, 0.6) is 0 Å². The zero-order valence-electron chi connectivity index (χ0n) is 12.6. The van der Waals surface area contributed by atoms with Gasteiger partial charge in [-0.25, -0.2) is 0 Å². The number of hydrogen-bond donors (Lipinski definition) is 1. The lowest BCUT2D eigenvalue weighted by molar-refractivity contribution is 0.151. The van der Waals surface area contributed by atoms with Crippen molar-refractivity contribution < 1.29 is 5.11 Å². The van der Waals surface area contributed by atoms with Gasteiger partial charge in [0, 0.05) is 6.61 Å². The third-order valence-electron chi connectivity index (χ3n) is 4.94. The Morgan fingerprint density at radius 2 is 2.11 bits per heavy atom. The Kier molecular flexibility index (Phi) is 5.65. The van der Waals surface area contributed by atoms with Crippen molar-refractivity contribution in [3.63, 3.8) is 0 Å². The van der Waals surface area contributed by atoms with E-state index in [-0.39, 0.29) is 6.61 Å². The minimum Gasteiger partial charge on any atom is -0.397 e. The maximum Gasteiger partial charge on any atom is 0.0402 e. The van der Waals surface area contributed by atoms with Crippen molar-refractivity contribution in [3.8, 4) is 0 Å². The highest BCUT2D eigenvalue weighted by atomic mass is 16.2. The van der Waals surface area contributed by atoms with Crippen LogP contribution < -0.4 is 0 Å². The van der Waals surface area contributed by atoms with E-state index < -0.39 is 0 Å². The summed E-state index contributed by atoms with van der Waals surface area (Å²) in [5, 5.41) is 7.57. The van der Waals surface area contributed by atoms with E-state index in [0.717, 1.165) is 11.8 Å². The zero-order chi connectivity index (χ0) is 13.8. The van der Waals surface area contributed by atoms with Gasteiger partial charge in [-0.2, -0.15) is 0 Å². The zero-order valence-corrected chi connectivity index (χ0v) is 12.6. The van der Waals surface area contributed by atoms with Crippen LogP contribution in [0.15, 0.2) is 23.8 Å². The number of rotatable bonds is 1. The summed E-state index contributed by atoms with van der Waals surface area (Å²) in [7, 11) is 0. The second-order valence-electron chi connectivity index (χ2n) is 6.23. The number of allylic oxidation sites excluding steroid dienone is 3. The molecule has 0 unspecified atom stereocenters. The molecule has 2 aliphatic rings. The van der Waals surface area contributed by atoms with E-state index in [1.54, 1.807) is 12.5 Å². The van der Waals surface area contributed by atoms with Gasteiger partial charge in [0.1, 0.15) is 0 Å². The lowest BCUT2D eigenvalue weighted by Gasteiger charge is -2.47. The molecule has 2 rings (SSSR count). The summed E-state index contributed by atoms with van der Waals surface area (Å²) >= 11 is 0. The van der Waals surface area contributed by atoms with E-state index in [1.807, 2.05) is 0 Å². The van der Waals surface area contributed by atoms with Crippen molar-refractivity contribution in [2.45, 2.75) is 59.8 Å². The maximum absolute atomic E-state index is 7.57. The summed E-state index contributed by atoms with van der Waals surface area (Å²) in [5.74, 6) is 1.63. The van der Waals surface area contributed by atoms with Crippen LogP contribution in [0.3, 0.4) is 0 Å². The standard InChI is InChI=1S/C15H24.C2H6O/c1-11(2)13-8-9-14-7-5-6-12(3)15(14,4)10-13;1-2-3/h7,12-13H,1,5-6,8-10H2,2-4H3;3H,2H2,1H3/t12-,13-,15+;/m1./s1. The second kappa shape index (κ2) is 6.56. The molecule has 0 aromatic carbocycles. The summed E-state index contributed by atoms with van der Waals surface area (Å²) in [6.45, 7) is 13.2. The first-order valence-electron chi connectivity index (χ1n) is 7.41. The first kappa shape index (κ1) is 15.5. The first-order chi connectivity index (χ1) is 8.45. The van der Waals surface area contributed by atoms with Crippen LogP contribution in [-0.4, -0.2) is 11.7 Å². The normalized spacial score (nSPS) is 34.8. The van der Waals surface area contributed by atoms with Gasteiger partial charge < -0.3 is 5.11 Å². The highest BCUT2D eigenvalue weighted by Gasteiger charge is 2.41. The van der Waals surface area contributed by atoms with Crippen molar-refractivity contribution in [1.29, 1.82) is 0 Å². The molecule has 104 valence electrons. The van der Waals surface area contributed by atoms with E-state index in [0.29, 0.717) is 5.41 Å². The predicted molar refractivity (Wildman–Crippen MR) is 79.5 cm³/mol. The minimum atomic E-state index is 0.250. The molecule has 0 aliphatic heterocycles. The fraction of sp³-hybridized carbons (Fsp3) is 0.765. The molecule has 0 radical (unpaired) electrons. The van der Waals surface area contributed by atoms with E-state index in [2.05, 4.69) is 33.4 Å². The lowest BCUT2D eigenvalue weighted by Crippen LogP contribution is -2.36. The molecule has 0 aromatic rings. The summed E-state index contributed by atoms with van der Waals surface area (Å²) in [6, 6.07) is 0. The number of aliphatic hydroxyl groups is 1. The molecule has 0 amide bonds. The fourth-order valence-corrected chi connectivity index (χ4v) is 3.46. The Balaban J connectivity index is 0.000000492. The highest BCUT2D eigenvalue weighted by Crippen LogP contribution is 2.53. The Bertz CT molecular complexity index is 316. The molecule has 0 aromatic heterocycles. The average Bonchev–Trinajstić information content (AvgIpc) is 2.31. The maximum atomic E-state index is 7.57. The third-order valence-corrected chi connectivity index (χ3v) is 4.94. The average molecular weight is 250 g/mol. The molecule has 0 bridgehead atoms. The van der Waals surface area contributed by atoms with Crippen molar-refractivity contribution in [1.82, 2.24) is 0 Å². The minimum absolute atomic E-state index is 0.250. The van der Waals surface area contributed by atoms with E-state index in [1.165, 1.54) is 37.7 Å². The smallest absolute Gasteiger partial charge is 0.0402 e. The van der Waals surface area contributed by atoms with Crippen LogP contribution in [0.2, 0.25) is 0 Å². The van der Waals surface area contributed by atoms with Gasteiger partial charge in [-0.1, -0.05) is 37.6 Å². The summed E-state index contributed by atoms with van der Waals surface area (Å²) in [4.78, 5) is 0. The molecular formula is C17H30O. The summed E-state index contributed by atoms with van der Waals surface area (Å²) < 4.78 is 0. The van der Waals surface area contributed by atoms with Crippen LogP contribution in [0.1, 0.15) is 59.8 Å². The monoisotopic (exact) mass is 250 g/mol. The third kappa shape index (κ3) is 3.26. The molecule has 1 heteroatoms. The van der Waals surface area contributed by atoms with Gasteiger partial charge in [0.05, 0.1) is 0 Å². The molecule has 1 N–H and O–H groups in total.